The lowest BCUT2D eigenvalue weighted by molar-refractivity contribution is -0.145. The van der Waals surface area contributed by atoms with Crippen molar-refractivity contribution < 1.29 is 19.1 Å². The van der Waals surface area contributed by atoms with Crippen LogP contribution in [0, 0.1) is 17.7 Å². The smallest absolute Gasteiger partial charge is 0.321 e. The third-order valence-electron chi connectivity index (χ3n) is 10.6. The van der Waals surface area contributed by atoms with E-state index >= 15 is 0 Å². The largest absolute Gasteiger partial charge is 0.480 e. The molecule has 2 saturated heterocycles. The second-order valence-corrected chi connectivity index (χ2v) is 14.4. The summed E-state index contributed by atoms with van der Waals surface area (Å²) in [5, 5.41) is 14.2. The molecule has 7 nitrogen and oxygen atoms in total. The lowest BCUT2D eigenvalue weighted by Crippen LogP contribution is -2.54. The normalized spacial score (nSPS) is 23.1. The summed E-state index contributed by atoms with van der Waals surface area (Å²) in [4.78, 5) is 32.7. The first kappa shape index (κ1) is 33.7. The Morgan fingerprint density at radius 3 is 2.36 bits per heavy atom. The molecule has 45 heavy (non-hydrogen) atoms. The van der Waals surface area contributed by atoms with Crippen LogP contribution in [-0.2, 0) is 10.3 Å². The summed E-state index contributed by atoms with van der Waals surface area (Å²) < 4.78 is 14.4. The number of hydrogen-bond acceptors (Lipinski definition) is 4. The van der Waals surface area contributed by atoms with E-state index in [9.17, 15) is 19.1 Å². The lowest BCUT2D eigenvalue weighted by Gasteiger charge is -2.40. The number of benzene rings is 2. The van der Waals surface area contributed by atoms with E-state index < -0.39 is 17.6 Å². The first-order valence-electron chi connectivity index (χ1n) is 16.8. The molecule has 1 saturated carbocycles. The highest BCUT2D eigenvalue weighted by molar-refractivity contribution is 6.30. The zero-order valence-electron chi connectivity index (χ0n) is 27.1. The average Bonchev–Trinajstić information content (AvgIpc) is 3.41. The fourth-order valence-electron chi connectivity index (χ4n) is 8.13. The quantitative estimate of drug-likeness (QED) is 0.294. The number of carbonyl (C=O) groups excluding carboxylic acids is 1. The van der Waals surface area contributed by atoms with Gasteiger partial charge in [-0.25, -0.2) is 9.18 Å². The Morgan fingerprint density at radius 2 is 1.73 bits per heavy atom. The van der Waals surface area contributed by atoms with Gasteiger partial charge < -0.3 is 20.2 Å². The average molecular weight is 641 g/mol. The van der Waals surface area contributed by atoms with Gasteiger partial charge in [0, 0.05) is 56.3 Å². The summed E-state index contributed by atoms with van der Waals surface area (Å²) in [6.07, 6.45) is 7.07. The second-order valence-electron chi connectivity index (χ2n) is 13.9. The van der Waals surface area contributed by atoms with Gasteiger partial charge in [-0.1, -0.05) is 55.1 Å². The summed E-state index contributed by atoms with van der Waals surface area (Å²) >= 11 is 6.08. The van der Waals surface area contributed by atoms with Crippen molar-refractivity contribution in [1.82, 2.24) is 20.0 Å². The van der Waals surface area contributed by atoms with Crippen LogP contribution in [0.25, 0.3) is 0 Å². The molecule has 2 aliphatic heterocycles. The topological polar surface area (TPSA) is 76.1 Å². The van der Waals surface area contributed by atoms with E-state index in [-0.39, 0.29) is 35.6 Å². The molecule has 5 rings (SSSR count). The zero-order chi connectivity index (χ0) is 32.1. The summed E-state index contributed by atoms with van der Waals surface area (Å²) in [6.45, 7) is 10.6. The Balaban J connectivity index is 1.23. The molecular weight excluding hydrogens is 591 g/mol. The highest BCUT2D eigenvalue weighted by atomic mass is 35.5. The van der Waals surface area contributed by atoms with Crippen molar-refractivity contribution in [3.8, 4) is 0 Å². The van der Waals surface area contributed by atoms with Crippen molar-refractivity contribution in [2.75, 3.05) is 39.3 Å². The predicted molar refractivity (Wildman–Crippen MR) is 177 cm³/mol. The first-order valence-corrected chi connectivity index (χ1v) is 17.2. The van der Waals surface area contributed by atoms with Crippen LogP contribution in [0.4, 0.5) is 9.18 Å². The first-order chi connectivity index (χ1) is 21.6. The lowest BCUT2D eigenvalue weighted by atomic mass is 9.83. The van der Waals surface area contributed by atoms with Crippen LogP contribution in [0.5, 0.6) is 0 Å². The maximum absolute atomic E-state index is 14.4. The van der Waals surface area contributed by atoms with Gasteiger partial charge in [0.1, 0.15) is 11.9 Å². The summed E-state index contributed by atoms with van der Waals surface area (Å²) in [6, 6.07) is 14.1. The Hall–Kier alpha value is -2.68. The fourth-order valence-corrected chi connectivity index (χ4v) is 8.25. The van der Waals surface area contributed by atoms with Gasteiger partial charge >= 0.3 is 12.0 Å². The number of piperidine rings is 1. The van der Waals surface area contributed by atoms with E-state index in [1.165, 1.54) is 12.5 Å². The van der Waals surface area contributed by atoms with Gasteiger partial charge in [-0.2, -0.15) is 0 Å². The molecule has 0 bridgehead atoms. The maximum Gasteiger partial charge on any atom is 0.321 e. The van der Waals surface area contributed by atoms with Gasteiger partial charge in [-0.15, -0.1) is 0 Å². The zero-order valence-corrected chi connectivity index (χ0v) is 27.8. The number of aliphatic carboxylic acids is 1. The summed E-state index contributed by atoms with van der Waals surface area (Å²) in [7, 11) is 0. The molecule has 0 radical (unpaired) electrons. The number of carboxylic acid groups (broad SMARTS) is 1. The molecule has 3 fully saturated rings. The highest BCUT2D eigenvalue weighted by Crippen LogP contribution is 2.39. The van der Waals surface area contributed by atoms with Crippen molar-refractivity contribution in [2.45, 2.75) is 89.3 Å². The van der Waals surface area contributed by atoms with Gasteiger partial charge in [0.15, 0.2) is 0 Å². The molecule has 0 aromatic heterocycles. The van der Waals surface area contributed by atoms with Crippen LogP contribution in [0.3, 0.4) is 0 Å². The van der Waals surface area contributed by atoms with Crippen LogP contribution in [0.15, 0.2) is 48.5 Å². The van der Waals surface area contributed by atoms with Crippen LogP contribution in [-0.4, -0.2) is 83.2 Å². The molecule has 2 aromatic carbocycles. The fraction of sp³-hybridized carbons (Fsp3) is 0.611. The SMILES string of the molecule is CCN(C(=O)NC(C)(C)c1ccc(Cl)cc1)C1CCN(C[C@H]2CN([C@@H](C(=O)O)C3CCCCC3)C[C@@H]2c2cccc(F)c2)CC1. The van der Waals surface area contributed by atoms with Crippen molar-refractivity contribution in [3.05, 3.63) is 70.5 Å². The molecule has 9 heteroatoms. The standard InChI is InChI=1S/C36H50ClFN4O3/c1-4-42(35(45)39-36(2,3)28-13-15-29(37)16-14-28)31-17-19-40(20-18-31)22-27-23-41(24-32(27)26-11-8-12-30(38)21-26)33(34(43)44)25-9-6-5-7-10-25/h8,11-16,21,25,27,31-33H,4-7,9-10,17-20,22-24H2,1-3H3,(H,39,45)(H,43,44)/t27-,32+,33+/m0/s1. The number of carboxylic acids is 1. The highest BCUT2D eigenvalue weighted by Gasteiger charge is 2.43. The Kier molecular flexibility index (Phi) is 11.1. The Labute approximate surface area is 273 Å². The number of nitrogens with one attached hydrogen (secondary N) is 1. The molecule has 2 amide bonds. The minimum atomic E-state index is -0.724. The third-order valence-corrected chi connectivity index (χ3v) is 10.8. The van der Waals surface area contributed by atoms with E-state index in [0.717, 1.165) is 69.3 Å². The number of hydrogen-bond donors (Lipinski definition) is 2. The van der Waals surface area contributed by atoms with Crippen LogP contribution in [0.2, 0.25) is 5.02 Å². The van der Waals surface area contributed by atoms with Gasteiger partial charge in [-0.3, -0.25) is 9.69 Å². The molecule has 3 atom stereocenters. The Bertz CT molecular complexity index is 1290. The van der Waals surface area contributed by atoms with E-state index in [1.54, 1.807) is 12.1 Å². The minimum absolute atomic E-state index is 0.0593. The van der Waals surface area contributed by atoms with E-state index in [2.05, 4.69) is 15.1 Å². The summed E-state index contributed by atoms with van der Waals surface area (Å²) in [5.74, 6) is -0.505. The van der Waals surface area contributed by atoms with Crippen molar-refractivity contribution in [2.24, 2.45) is 11.8 Å². The summed E-state index contributed by atoms with van der Waals surface area (Å²) in [5.41, 5.74) is 1.42. The van der Waals surface area contributed by atoms with Crippen LogP contribution in [0.1, 0.15) is 82.8 Å². The molecule has 3 aliphatic rings. The number of halogens is 2. The van der Waals surface area contributed by atoms with Crippen molar-refractivity contribution >= 4 is 23.6 Å². The molecule has 2 aromatic rings. The molecule has 2 N–H and O–H groups in total. The second kappa shape index (κ2) is 14.8. The third kappa shape index (κ3) is 8.19. The van der Waals surface area contributed by atoms with E-state index in [4.69, 9.17) is 11.6 Å². The monoisotopic (exact) mass is 640 g/mol. The van der Waals surface area contributed by atoms with Crippen LogP contribution >= 0.6 is 11.6 Å². The van der Waals surface area contributed by atoms with Gasteiger partial charge in [0.05, 0.1) is 5.54 Å². The molecular formula is C36H50ClFN4O3. The number of nitrogens with zero attached hydrogens (tertiary/aromatic N) is 3. The van der Waals surface area contributed by atoms with Gasteiger partial charge in [0.2, 0.25) is 0 Å². The Morgan fingerprint density at radius 1 is 1.04 bits per heavy atom. The minimum Gasteiger partial charge on any atom is -0.480 e. The van der Waals surface area contributed by atoms with Crippen molar-refractivity contribution in [3.63, 3.8) is 0 Å². The number of amides is 2. The van der Waals surface area contributed by atoms with Crippen LogP contribution < -0.4 is 5.32 Å². The van der Waals surface area contributed by atoms with Gasteiger partial charge in [-0.05, 0) is 93.7 Å². The maximum atomic E-state index is 14.4. The number of likely N-dealkylation sites (tertiary alicyclic amines) is 2. The number of rotatable bonds is 10. The van der Waals surface area contributed by atoms with E-state index in [1.807, 2.05) is 56.0 Å². The molecule has 246 valence electrons. The number of urea groups is 1. The predicted octanol–water partition coefficient (Wildman–Crippen LogP) is 6.96. The number of carbonyl (C=O) groups is 2. The molecule has 1 aliphatic carbocycles. The van der Waals surface area contributed by atoms with Gasteiger partial charge in [0.25, 0.3) is 0 Å². The molecule has 2 heterocycles. The van der Waals surface area contributed by atoms with E-state index in [0.29, 0.717) is 24.7 Å². The van der Waals surface area contributed by atoms with Crippen molar-refractivity contribution in [1.29, 1.82) is 0 Å². The molecule has 0 unspecified atom stereocenters. The molecule has 0 spiro atoms.